The summed E-state index contributed by atoms with van der Waals surface area (Å²) in [5.41, 5.74) is -0.682. The van der Waals surface area contributed by atoms with Crippen LogP contribution in [-0.4, -0.2) is 40.0 Å². The average Bonchev–Trinajstić information content (AvgIpc) is 2.24. The van der Waals surface area contributed by atoms with Gasteiger partial charge in [-0.3, -0.25) is 0 Å². The van der Waals surface area contributed by atoms with Crippen molar-refractivity contribution in [3.63, 3.8) is 0 Å². The van der Waals surface area contributed by atoms with Crippen molar-refractivity contribution in [1.29, 1.82) is 0 Å². The first-order valence-corrected chi connectivity index (χ1v) is 6.61. The second kappa shape index (κ2) is 6.23. The summed E-state index contributed by atoms with van der Waals surface area (Å²) in [6.07, 6.45) is 1.46. The van der Waals surface area contributed by atoms with E-state index in [0.29, 0.717) is 12.8 Å². The number of amides is 1. The number of aliphatic hydroxyl groups excluding tert-OH is 1. The molecule has 19 heavy (non-hydrogen) atoms. The number of aliphatic hydroxyl groups is 1. The van der Waals surface area contributed by atoms with Crippen molar-refractivity contribution in [2.75, 3.05) is 0 Å². The molecule has 0 heterocycles. The number of ether oxygens (including phenoxy) is 1. The van der Waals surface area contributed by atoms with E-state index in [4.69, 9.17) is 4.74 Å². The molecule has 1 fully saturated rings. The van der Waals surface area contributed by atoms with Crippen molar-refractivity contribution in [1.82, 2.24) is 5.32 Å². The molecule has 0 spiro atoms. The Labute approximate surface area is 113 Å². The summed E-state index contributed by atoms with van der Waals surface area (Å²) in [6.45, 7) is 5.12. The van der Waals surface area contributed by atoms with E-state index < -0.39 is 35.7 Å². The van der Waals surface area contributed by atoms with Crippen LogP contribution in [0.15, 0.2) is 0 Å². The minimum Gasteiger partial charge on any atom is -0.480 e. The highest BCUT2D eigenvalue weighted by atomic mass is 16.6. The molecule has 110 valence electrons. The molecule has 1 amide bonds. The van der Waals surface area contributed by atoms with E-state index in [0.717, 1.165) is 12.8 Å². The zero-order chi connectivity index (χ0) is 14.6. The number of carboxylic acids is 1. The third-order valence-electron chi connectivity index (χ3n) is 3.15. The molecule has 0 radical (unpaired) electrons. The van der Waals surface area contributed by atoms with Crippen molar-refractivity contribution in [2.24, 2.45) is 5.92 Å². The Balaban J connectivity index is 2.67. The Hall–Kier alpha value is -1.30. The van der Waals surface area contributed by atoms with Gasteiger partial charge in [0, 0.05) is 5.92 Å². The fourth-order valence-corrected chi connectivity index (χ4v) is 2.32. The largest absolute Gasteiger partial charge is 0.480 e. The quantitative estimate of drug-likeness (QED) is 0.724. The van der Waals surface area contributed by atoms with Gasteiger partial charge in [-0.05, 0) is 33.6 Å². The number of hydrogen-bond acceptors (Lipinski definition) is 4. The van der Waals surface area contributed by atoms with Gasteiger partial charge in [-0.15, -0.1) is 0 Å². The molecule has 1 unspecified atom stereocenters. The second-order valence-electron chi connectivity index (χ2n) is 5.98. The summed E-state index contributed by atoms with van der Waals surface area (Å²) in [5.74, 6) is -1.60. The standard InChI is InChI=1S/C13H23NO5/c1-13(2,3)19-12(18)14-10(11(16)17)8-6-4-5-7-9(8)15/h8-10,15H,4-7H2,1-3H3,(H,14,18)(H,16,17)/t8-,9?,10+/m1/s1. The molecule has 0 aliphatic heterocycles. The van der Waals surface area contributed by atoms with Crippen LogP contribution in [0, 0.1) is 5.92 Å². The summed E-state index contributed by atoms with van der Waals surface area (Å²) < 4.78 is 5.05. The zero-order valence-electron chi connectivity index (χ0n) is 11.7. The summed E-state index contributed by atoms with van der Waals surface area (Å²) in [5, 5.41) is 21.4. The van der Waals surface area contributed by atoms with Gasteiger partial charge < -0.3 is 20.3 Å². The average molecular weight is 273 g/mol. The minimum absolute atomic E-state index is 0.459. The Morgan fingerprint density at radius 1 is 1.26 bits per heavy atom. The van der Waals surface area contributed by atoms with E-state index in [1.54, 1.807) is 20.8 Å². The van der Waals surface area contributed by atoms with Crippen LogP contribution in [0.25, 0.3) is 0 Å². The van der Waals surface area contributed by atoms with E-state index in [9.17, 15) is 19.8 Å². The van der Waals surface area contributed by atoms with Crippen LogP contribution >= 0.6 is 0 Å². The highest BCUT2D eigenvalue weighted by molar-refractivity contribution is 5.80. The van der Waals surface area contributed by atoms with Gasteiger partial charge in [-0.25, -0.2) is 9.59 Å². The van der Waals surface area contributed by atoms with Gasteiger partial charge in [0.2, 0.25) is 0 Å². The van der Waals surface area contributed by atoms with Crippen molar-refractivity contribution in [2.45, 2.75) is 64.2 Å². The van der Waals surface area contributed by atoms with Crippen molar-refractivity contribution in [3.8, 4) is 0 Å². The van der Waals surface area contributed by atoms with Gasteiger partial charge >= 0.3 is 12.1 Å². The van der Waals surface area contributed by atoms with Crippen LogP contribution in [0.3, 0.4) is 0 Å². The first kappa shape index (κ1) is 15.8. The first-order chi connectivity index (χ1) is 8.70. The molecule has 6 heteroatoms. The van der Waals surface area contributed by atoms with E-state index in [1.165, 1.54) is 0 Å². The lowest BCUT2D eigenvalue weighted by Gasteiger charge is -2.32. The monoisotopic (exact) mass is 273 g/mol. The Morgan fingerprint density at radius 3 is 2.32 bits per heavy atom. The second-order valence-corrected chi connectivity index (χ2v) is 5.98. The molecule has 3 N–H and O–H groups in total. The number of carboxylic acid groups (broad SMARTS) is 1. The van der Waals surface area contributed by atoms with Gasteiger partial charge in [0.25, 0.3) is 0 Å². The van der Waals surface area contributed by atoms with Gasteiger partial charge in [0.1, 0.15) is 11.6 Å². The zero-order valence-corrected chi connectivity index (χ0v) is 11.7. The number of nitrogens with one attached hydrogen (secondary N) is 1. The van der Waals surface area contributed by atoms with Crippen LogP contribution < -0.4 is 5.32 Å². The molecular weight excluding hydrogens is 250 g/mol. The summed E-state index contributed by atoms with van der Waals surface area (Å²) >= 11 is 0. The van der Waals surface area contributed by atoms with Gasteiger partial charge in [-0.2, -0.15) is 0 Å². The Bertz CT molecular complexity index is 336. The van der Waals surface area contributed by atoms with Gasteiger partial charge in [-0.1, -0.05) is 12.8 Å². The van der Waals surface area contributed by atoms with Crippen LogP contribution in [0.1, 0.15) is 46.5 Å². The molecular formula is C13H23NO5. The predicted octanol–water partition coefficient (Wildman–Crippen LogP) is 1.52. The van der Waals surface area contributed by atoms with E-state index >= 15 is 0 Å². The summed E-state index contributed by atoms with van der Waals surface area (Å²) in [4.78, 5) is 22.9. The van der Waals surface area contributed by atoms with Gasteiger partial charge in [0.05, 0.1) is 6.10 Å². The molecule has 0 aromatic carbocycles. The molecule has 0 saturated heterocycles. The van der Waals surface area contributed by atoms with Crippen LogP contribution in [0.4, 0.5) is 4.79 Å². The van der Waals surface area contributed by atoms with Crippen molar-refractivity contribution >= 4 is 12.1 Å². The SMILES string of the molecule is CC(C)(C)OC(=O)N[C@H](C(=O)O)[C@@H]1CCCCC1O. The molecule has 3 atom stereocenters. The van der Waals surface area contributed by atoms with E-state index in [1.807, 2.05) is 0 Å². The van der Waals surface area contributed by atoms with Crippen LogP contribution in [0.2, 0.25) is 0 Å². The van der Waals surface area contributed by atoms with Crippen molar-refractivity contribution in [3.05, 3.63) is 0 Å². The molecule has 6 nitrogen and oxygen atoms in total. The highest BCUT2D eigenvalue weighted by Gasteiger charge is 2.37. The third kappa shape index (κ3) is 5.06. The molecule has 1 aliphatic rings. The number of hydrogen-bond donors (Lipinski definition) is 3. The number of aliphatic carboxylic acids is 1. The maximum Gasteiger partial charge on any atom is 0.408 e. The normalized spacial score (nSPS) is 25.5. The third-order valence-corrected chi connectivity index (χ3v) is 3.15. The van der Waals surface area contributed by atoms with Gasteiger partial charge in [0.15, 0.2) is 0 Å². The maximum atomic E-state index is 11.6. The van der Waals surface area contributed by atoms with Crippen LogP contribution in [-0.2, 0) is 9.53 Å². The van der Waals surface area contributed by atoms with Crippen LogP contribution in [0.5, 0.6) is 0 Å². The summed E-state index contributed by atoms with van der Waals surface area (Å²) in [7, 11) is 0. The maximum absolute atomic E-state index is 11.6. The van der Waals surface area contributed by atoms with E-state index in [2.05, 4.69) is 5.32 Å². The van der Waals surface area contributed by atoms with E-state index in [-0.39, 0.29) is 0 Å². The topological polar surface area (TPSA) is 95.9 Å². The molecule has 0 bridgehead atoms. The number of alkyl carbamates (subject to hydrolysis) is 1. The lowest BCUT2D eigenvalue weighted by Crippen LogP contribution is -2.51. The fraction of sp³-hybridized carbons (Fsp3) is 0.846. The predicted molar refractivity (Wildman–Crippen MR) is 68.8 cm³/mol. The molecule has 0 aromatic heterocycles. The lowest BCUT2D eigenvalue weighted by molar-refractivity contribution is -0.143. The lowest BCUT2D eigenvalue weighted by atomic mass is 9.81. The smallest absolute Gasteiger partial charge is 0.408 e. The Morgan fingerprint density at radius 2 is 1.84 bits per heavy atom. The first-order valence-electron chi connectivity index (χ1n) is 6.61. The molecule has 0 aromatic rings. The number of carbonyl (C=O) groups excluding carboxylic acids is 1. The summed E-state index contributed by atoms with van der Waals surface area (Å²) in [6, 6.07) is -1.11. The fourth-order valence-electron chi connectivity index (χ4n) is 2.32. The molecule has 1 aliphatic carbocycles. The number of carbonyl (C=O) groups is 2. The Kier molecular flexibility index (Phi) is 5.17. The molecule has 1 saturated carbocycles. The van der Waals surface area contributed by atoms with Crippen molar-refractivity contribution < 1.29 is 24.5 Å². The highest BCUT2D eigenvalue weighted by Crippen LogP contribution is 2.27. The minimum atomic E-state index is -1.14. The number of rotatable bonds is 3. The molecule has 1 rings (SSSR count).